The lowest BCUT2D eigenvalue weighted by Gasteiger charge is -2.11. The normalized spacial score (nSPS) is 11.7. The zero-order chi connectivity index (χ0) is 19.8. The summed E-state index contributed by atoms with van der Waals surface area (Å²) in [5.41, 5.74) is 0.519. The van der Waals surface area contributed by atoms with Gasteiger partial charge in [0.05, 0.1) is 0 Å². The fourth-order valence-electron chi connectivity index (χ4n) is 2.70. The second kappa shape index (κ2) is 7.02. The molecular formula is C19H16F5N3. The predicted octanol–water partition coefficient (Wildman–Crippen LogP) is 5.40. The van der Waals surface area contributed by atoms with E-state index in [1.807, 2.05) is 0 Å². The molecule has 0 aliphatic heterocycles. The summed E-state index contributed by atoms with van der Waals surface area (Å²) in [5, 5.41) is 2.90. The number of aryl methyl sites for hydroxylation is 2. The molecule has 8 heteroatoms. The number of alkyl halides is 3. The van der Waals surface area contributed by atoms with Crippen LogP contribution in [0, 0.1) is 25.5 Å². The Labute approximate surface area is 152 Å². The summed E-state index contributed by atoms with van der Waals surface area (Å²) >= 11 is 0. The molecule has 1 N–H and O–H groups in total. The van der Waals surface area contributed by atoms with Gasteiger partial charge >= 0.3 is 6.18 Å². The van der Waals surface area contributed by atoms with E-state index in [1.165, 1.54) is 23.6 Å². The lowest BCUT2D eigenvalue weighted by Crippen LogP contribution is -2.05. The number of rotatable bonds is 4. The van der Waals surface area contributed by atoms with Crippen LogP contribution in [0.4, 0.5) is 27.6 Å². The van der Waals surface area contributed by atoms with E-state index in [0.717, 1.165) is 6.20 Å². The van der Waals surface area contributed by atoms with Gasteiger partial charge in [-0.05, 0) is 55.8 Å². The number of nitrogens with one attached hydrogen (secondary N) is 1. The van der Waals surface area contributed by atoms with Gasteiger partial charge in [-0.25, -0.2) is 13.8 Å². The Morgan fingerprint density at radius 3 is 2.11 bits per heavy atom. The maximum absolute atomic E-state index is 13.9. The highest BCUT2D eigenvalue weighted by molar-refractivity contribution is 5.49. The Balaban J connectivity index is 1.76. The molecule has 0 spiro atoms. The lowest BCUT2D eigenvalue weighted by molar-refractivity contribution is -0.141. The van der Waals surface area contributed by atoms with E-state index in [-0.39, 0.29) is 17.9 Å². The van der Waals surface area contributed by atoms with Crippen molar-refractivity contribution in [1.82, 2.24) is 9.55 Å². The molecule has 0 saturated heterocycles. The molecule has 3 nitrogen and oxygen atoms in total. The van der Waals surface area contributed by atoms with Gasteiger partial charge in [0.1, 0.15) is 17.5 Å². The SMILES string of the molecule is Cc1cc(F)c(CNc2ccc(-n3cc(C(F)(F)F)nc3C)cc2)c(F)c1. The van der Waals surface area contributed by atoms with Gasteiger partial charge in [-0.3, -0.25) is 0 Å². The minimum atomic E-state index is -4.51. The summed E-state index contributed by atoms with van der Waals surface area (Å²) in [6.07, 6.45) is -3.59. The Morgan fingerprint density at radius 1 is 1.00 bits per heavy atom. The highest BCUT2D eigenvalue weighted by Gasteiger charge is 2.34. The molecule has 3 aromatic rings. The van der Waals surface area contributed by atoms with Crippen molar-refractivity contribution in [2.75, 3.05) is 5.32 Å². The number of anilines is 1. The van der Waals surface area contributed by atoms with E-state index in [1.54, 1.807) is 31.2 Å². The van der Waals surface area contributed by atoms with E-state index in [9.17, 15) is 22.0 Å². The summed E-state index contributed by atoms with van der Waals surface area (Å²) < 4.78 is 67.3. The molecular weight excluding hydrogens is 365 g/mol. The van der Waals surface area contributed by atoms with Gasteiger partial charge in [-0.2, -0.15) is 13.2 Å². The molecule has 0 saturated carbocycles. The zero-order valence-corrected chi connectivity index (χ0v) is 14.5. The van der Waals surface area contributed by atoms with Gasteiger partial charge in [0, 0.05) is 29.7 Å². The highest BCUT2D eigenvalue weighted by atomic mass is 19.4. The molecule has 0 fully saturated rings. The number of halogens is 5. The summed E-state index contributed by atoms with van der Waals surface area (Å²) in [4.78, 5) is 3.52. The van der Waals surface area contributed by atoms with Gasteiger partial charge in [0.25, 0.3) is 0 Å². The Hall–Kier alpha value is -2.90. The molecule has 0 aliphatic carbocycles. The van der Waals surface area contributed by atoms with Crippen LogP contribution >= 0.6 is 0 Å². The molecule has 0 bridgehead atoms. The van der Waals surface area contributed by atoms with Crippen molar-refractivity contribution in [2.45, 2.75) is 26.6 Å². The monoisotopic (exact) mass is 381 g/mol. The van der Waals surface area contributed by atoms with Crippen LogP contribution in [0.15, 0.2) is 42.6 Å². The third kappa shape index (κ3) is 4.10. The van der Waals surface area contributed by atoms with Gasteiger partial charge in [0.2, 0.25) is 0 Å². The minimum Gasteiger partial charge on any atom is -0.381 e. The number of aromatic nitrogens is 2. The third-order valence-corrected chi connectivity index (χ3v) is 4.07. The van der Waals surface area contributed by atoms with Crippen molar-refractivity contribution in [3.63, 3.8) is 0 Å². The van der Waals surface area contributed by atoms with Crippen molar-refractivity contribution >= 4 is 5.69 Å². The van der Waals surface area contributed by atoms with E-state index in [2.05, 4.69) is 10.3 Å². The maximum atomic E-state index is 13.9. The average Bonchev–Trinajstić information content (AvgIpc) is 2.96. The fraction of sp³-hybridized carbons (Fsp3) is 0.211. The predicted molar refractivity (Wildman–Crippen MR) is 91.7 cm³/mol. The molecule has 0 atom stereocenters. The Bertz CT molecular complexity index is 935. The zero-order valence-electron chi connectivity index (χ0n) is 14.5. The molecule has 0 unspecified atom stereocenters. The van der Waals surface area contributed by atoms with E-state index < -0.39 is 23.5 Å². The molecule has 27 heavy (non-hydrogen) atoms. The molecule has 0 aliphatic rings. The molecule has 3 rings (SSSR count). The van der Waals surface area contributed by atoms with Crippen molar-refractivity contribution in [1.29, 1.82) is 0 Å². The van der Waals surface area contributed by atoms with E-state index in [4.69, 9.17) is 0 Å². The summed E-state index contributed by atoms with van der Waals surface area (Å²) in [7, 11) is 0. The summed E-state index contributed by atoms with van der Waals surface area (Å²) in [6, 6.07) is 8.93. The van der Waals surface area contributed by atoms with Gasteiger partial charge in [-0.15, -0.1) is 0 Å². The van der Waals surface area contributed by atoms with Crippen LogP contribution in [0.25, 0.3) is 5.69 Å². The first kappa shape index (κ1) is 18.9. The second-order valence-corrected chi connectivity index (χ2v) is 6.15. The number of hydrogen-bond donors (Lipinski definition) is 1. The number of imidazole rings is 1. The topological polar surface area (TPSA) is 29.9 Å². The number of hydrogen-bond acceptors (Lipinski definition) is 2. The van der Waals surface area contributed by atoms with Crippen molar-refractivity contribution in [3.05, 3.63) is 76.9 Å². The van der Waals surface area contributed by atoms with E-state index >= 15 is 0 Å². The highest BCUT2D eigenvalue weighted by Crippen LogP contribution is 2.29. The van der Waals surface area contributed by atoms with Crippen molar-refractivity contribution < 1.29 is 22.0 Å². The van der Waals surface area contributed by atoms with Crippen molar-refractivity contribution in [2.24, 2.45) is 0 Å². The van der Waals surface area contributed by atoms with Crippen LogP contribution in [0.5, 0.6) is 0 Å². The smallest absolute Gasteiger partial charge is 0.381 e. The average molecular weight is 381 g/mol. The molecule has 0 radical (unpaired) electrons. The molecule has 2 aromatic carbocycles. The summed E-state index contributed by atoms with van der Waals surface area (Å²) in [5.74, 6) is -1.07. The first-order valence-corrected chi connectivity index (χ1v) is 8.07. The van der Waals surface area contributed by atoms with Gasteiger partial charge in [-0.1, -0.05) is 0 Å². The van der Waals surface area contributed by atoms with Gasteiger partial charge < -0.3 is 9.88 Å². The molecule has 1 heterocycles. The first-order chi connectivity index (χ1) is 12.6. The lowest BCUT2D eigenvalue weighted by atomic mass is 10.1. The van der Waals surface area contributed by atoms with Crippen LogP contribution in [0.3, 0.4) is 0 Å². The fourth-order valence-corrected chi connectivity index (χ4v) is 2.70. The standard InChI is InChI=1S/C19H16F5N3/c1-11-7-16(20)15(17(21)8-11)9-25-13-3-5-14(6-4-13)27-10-18(19(22,23)24)26-12(27)2/h3-8,10,25H,9H2,1-2H3. The van der Waals surface area contributed by atoms with Crippen LogP contribution in [0.2, 0.25) is 0 Å². The van der Waals surface area contributed by atoms with Crippen LogP contribution in [0.1, 0.15) is 22.6 Å². The van der Waals surface area contributed by atoms with Crippen LogP contribution in [-0.2, 0) is 12.7 Å². The number of nitrogens with zero attached hydrogens (tertiary/aromatic N) is 2. The largest absolute Gasteiger partial charge is 0.434 e. The third-order valence-electron chi connectivity index (χ3n) is 4.07. The quantitative estimate of drug-likeness (QED) is 0.614. The Kier molecular flexibility index (Phi) is 4.91. The molecule has 0 amide bonds. The molecule has 1 aromatic heterocycles. The van der Waals surface area contributed by atoms with E-state index in [0.29, 0.717) is 16.9 Å². The number of benzene rings is 2. The summed E-state index contributed by atoms with van der Waals surface area (Å²) in [6.45, 7) is 3.02. The maximum Gasteiger partial charge on any atom is 0.434 e. The van der Waals surface area contributed by atoms with Gasteiger partial charge in [0.15, 0.2) is 5.69 Å². The van der Waals surface area contributed by atoms with Crippen molar-refractivity contribution in [3.8, 4) is 5.69 Å². The molecule has 142 valence electrons. The first-order valence-electron chi connectivity index (χ1n) is 8.07. The van der Waals surface area contributed by atoms with Crippen LogP contribution in [-0.4, -0.2) is 9.55 Å². The second-order valence-electron chi connectivity index (χ2n) is 6.15. The van der Waals surface area contributed by atoms with Crippen LogP contribution < -0.4 is 5.32 Å². The minimum absolute atomic E-state index is 0.0559. The Morgan fingerprint density at radius 2 is 1.59 bits per heavy atom.